The molecule has 0 unspecified atom stereocenters. The molecule has 24 heavy (non-hydrogen) atoms. The van der Waals surface area contributed by atoms with E-state index >= 15 is 0 Å². The molecule has 132 valence electrons. The quantitative estimate of drug-likeness (QED) is 0.860. The summed E-state index contributed by atoms with van der Waals surface area (Å²) in [6, 6.07) is 10.5. The number of aliphatic hydroxyl groups is 2. The SMILES string of the molecule is O=C(CN1C[C@H](O)C[C@H](O)C1)N1CCC(Cc2ccccc2)CC1. The Morgan fingerprint density at radius 2 is 1.67 bits per heavy atom. The molecule has 3 rings (SSSR count). The standard InChI is InChI=1S/C19H28N2O3/c22-17-11-18(23)13-20(12-17)14-19(24)21-8-6-16(7-9-21)10-15-4-2-1-3-5-15/h1-5,16-18,22-23H,6-14H2/t17-,18+. The molecule has 0 radical (unpaired) electrons. The lowest BCUT2D eigenvalue weighted by molar-refractivity contribution is -0.135. The van der Waals surface area contributed by atoms with Crippen molar-refractivity contribution in [3.8, 4) is 0 Å². The van der Waals surface area contributed by atoms with Gasteiger partial charge in [-0.3, -0.25) is 9.69 Å². The molecule has 2 saturated heterocycles. The first kappa shape index (κ1) is 17.4. The predicted octanol–water partition coefficient (Wildman–Crippen LogP) is 0.895. The number of carbonyl (C=O) groups excluding carboxylic acids is 1. The number of nitrogens with zero attached hydrogens (tertiary/aromatic N) is 2. The summed E-state index contributed by atoms with van der Waals surface area (Å²) < 4.78 is 0. The van der Waals surface area contributed by atoms with E-state index in [1.165, 1.54) is 5.56 Å². The maximum Gasteiger partial charge on any atom is 0.236 e. The molecule has 2 aliphatic rings. The number of likely N-dealkylation sites (tertiary alicyclic amines) is 2. The lowest BCUT2D eigenvalue weighted by atomic mass is 9.90. The van der Waals surface area contributed by atoms with Crippen molar-refractivity contribution >= 4 is 5.91 Å². The maximum atomic E-state index is 12.5. The van der Waals surface area contributed by atoms with E-state index in [-0.39, 0.29) is 5.91 Å². The van der Waals surface area contributed by atoms with Gasteiger partial charge in [-0.05, 0) is 30.7 Å². The zero-order chi connectivity index (χ0) is 16.9. The topological polar surface area (TPSA) is 64.0 Å². The van der Waals surface area contributed by atoms with Crippen LogP contribution in [0.2, 0.25) is 0 Å². The Morgan fingerprint density at radius 3 is 2.29 bits per heavy atom. The number of piperidine rings is 2. The van der Waals surface area contributed by atoms with Crippen molar-refractivity contribution in [2.75, 3.05) is 32.7 Å². The second kappa shape index (κ2) is 8.10. The number of hydrogen-bond donors (Lipinski definition) is 2. The van der Waals surface area contributed by atoms with Crippen LogP contribution in [-0.4, -0.2) is 70.9 Å². The van der Waals surface area contributed by atoms with E-state index in [4.69, 9.17) is 0 Å². The van der Waals surface area contributed by atoms with Gasteiger partial charge in [0.15, 0.2) is 0 Å². The Hall–Kier alpha value is -1.43. The van der Waals surface area contributed by atoms with Crippen LogP contribution < -0.4 is 0 Å². The molecule has 2 N–H and O–H groups in total. The zero-order valence-electron chi connectivity index (χ0n) is 14.2. The molecule has 0 aliphatic carbocycles. The van der Waals surface area contributed by atoms with Crippen molar-refractivity contribution in [1.29, 1.82) is 0 Å². The fourth-order valence-electron chi connectivity index (χ4n) is 3.89. The van der Waals surface area contributed by atoms with Crippen LogP contribution in [-0.2, 0) is 11.2 Å². The Balaban J connectivity index is 1.43. The van der Waals surface area contributed by atoms with Crippen molar-refractivity contribution in [1.82, 2.24) is 9.80 Å². The van der Waals surface area contributed by atoms with Crippen LogP contribution >= 0.6 is 0 Å². The number of β-amino-alcohol motifs (C(OH)–C–C–N with tert-alkyl or cyclic N) is 2. The molecule has 0 aromatic heterocycles. The third kappa shape index (κ3) is 4.79. The molecule has 1 aromatic rings. The highest BCUT2D eigenvalue weighted by Crippen LogP contribution is 2.22. The zero-order valence-corrected chi connectivity index (χ0v) is 14.2. The van der Waals surface area contributed by atoms with E-state index in [0.717, 1.165) is 32.4 Å². The van der Waals surface area contributed by atoms with Crippen molar-refractivity contribution in [2.45, 2.75) is 37.9 Å². The average Bonchev–Trinajstić information content (AvgIpc) is 2.55. The van der Waals surface area contributed by atoms with Crippen LogP contribution in [0.4, 0.5) is 0 Å². The van der Waals surface area contributed by atoms with Crippen LogP contribution in [0.25, 0.3) is 0 Å². The molecule has 2 fully saturated rings. The van der Waals surface area contributed by atoms with Crippen LogP contribution in [0.3, 0.4) is 0 Å². The van der Waals surface area contributed by atoms with Gasteiger partial charge >= 0.3 is 0 Å². The van der Waals surface area contributed by atoms with E-state index in [9.17, 15) is 15.0 Å². The van der Waals surface area contributed by atoms with Gasteiger partial charge in [0, 0.05) is 32.6 Å². The lowest BCUT2D eigenvalue weighted by Gasteiger charge is -2.36. The second-order valence-electron chi connectivity index (χ2n) is 7.25. The Bertz CT molecular complexity index is 519. The monoisotopic (exact) mass is 332 g/mol. The average molecular weight is 332 g/mol. The molecule has 5 heteroatoms. The lowest BCUT2D eigenvalue weighted by Crippen LogP contribution is -2.51. The summed E-state index contributed by atoms with van der Waals surface area (Å²) in [7, 11) is 0. The third-order valence-corrected chi connectivity index (χ3v) is 5.18. The van der Waals surface area contributed by atoms with Crippen LogP contribution in [0.5, 0.6) is 0 Å². The molecule has 1 aromatic carbocycles. The predicted molar refractivity (Wildman–Crippen MR) is 92.5 cm³/mol. The van der Waals surface area contributed by atoms with E-state index in [1.54, 1.807) is 0 Å². The van der Waals surface area contributed by atoms with Gasteiger partial charge in [0.2, 0.25) is 5.91 Å². The fraction of sp³-hybridized carbons (Fsp3) is 0.632. The first-order valence-corrected chi connectivity index (χ1v) is 9.00. The van der Waals surface area contributed by atoms with Crippen LogP contribution in [0, 0.1) is 5.92 Å². The molecule has 2 aliphatic heterocycles. The van der Waals surface area contributed by atoms with Gasteiger partial charge in [-0.2, -0.15) is 0 Å². The van der Waals surface area contributed by atoms with Crippen LogP contribution in [0.1, 0.15) is 24.8 Å². The van der Waals surface area contributed by atoms with Gasteiger partial charge in [0.25, 0.3) is 0 Å². The summed E-state index contributed by atoms with van der Waals surface area (Å²) in [6.07, 6.45) is 2.54. The molecular formula is C19H28N2O3. The third-order valence-electron chi connectivity index (χ3n) is 5.18. The first-order valence-electron chi connectivity index (χ1n) is 9.00. The Kier molecular flexibility index (Phi) is 5.87. The van der Waals surface area contributed by atoms with Gasteiger partial charge in [0.05, 0.1) is 18.8 Å². The highest BCUT2D eigenvalue weighted by molar-refractivity contribution is 5.78. The highest BCUT2D eigenvalue weighted by atomic mass is 16.3. The number of aliphatic hydroxyl groups excluding tert-OH is 2. The largest absolute Gasteiger partial charge is 0.392 e. The minimum Gasteiger partial charge on any atom is -0.392 e. The molecule has 5 nitrogen and oxygen atoms in total. The molecule has 2 atom stereocenters. The number of carbonyl (C=O) groups is 1. The number of benzene rings is 1. The second-order valence-corrected chi connectivity index (χ2v) is 7.25. The van der Waals surface area contributed by atoms with Gasteiger partial charge < -0.3 is 15.1 Å². The molecule has 1 amide bonds. The summed E-state index contributed by atoms with van der Waals surface area (Å²) >= 11 is 0. The maximum absolute atomic E-state index is 12.5. The first-order chi connectivity index (χ1) is 11.6. The summed E-state index contributed by atoms with van der Waals surface area (Å²) in [5.41, 5.74) is 1.37. The smallest absolute Gasteiger partial charge is 0.236 e. The number of hydrogen-bond acceptors (Lipinski definition) is 4. The minimum atomic E-state index is -0.529. The van der Waals surface area contributed by atoms with E-state index in [1.807, 2.05) is 15.9 Å². The number of rotatable bonds is 4. The molecular weight excluding hydrogens is 304 g/mol. The summed E-state index contributed by atoms with van der Waals surface area (Å²) in [6.45, 7) is 2.89. The Morgan fingerprint density at radius 1 is 1.04 bits per heavy atom. The van der Waals surface area contributed by atoms with Gasteiger partial charge in [-0.25, -0.2) is 0 Å². The van der Waals surface area contributed by atoms with Crippen molar-refractivity contribution in [2.24, 2.45) is 5.92 Å². The molecule has 2 heterocycles. The molecule has 0 bridgehead atoms. The normalized spacial score (nSPS) is 26.5. The summed E-state index contributed by atoms with van der Waals surface area (Å²) in [5, 5.41) is 19.4. The van der Waals surface area contributed by atoms with Crippen LogP contribution in [0.15, 0.2) is 30.3 Å². The van der Waals surface area contributed by atoms with Crippen molar-refractivity contribution in [3.05, 3.63) is 35.9 Å². The fourth-order valence-corrected chi connectivity index (χ4v) is 3.89. The number of amides is 1. The summed E-state index contributed by atoms with van der Waals surface area (Å²) in [5.74, 6) is 0.768. The van der Waals surface area contributed by atoms with Crippen molar-refractivity contribution in [3.63, 3.8) is 0 Å². The Labute approximate surface area is 143 Å². The van der Waals surface area contributed by atoms with Gasteiger partial charge in [0.1, 0.15) is 0 Å². The summed E-state index contributed by atoms with van der Waals surface area (Å²) in [4.78, 5) is 16.3. The minimum absolute atomic E-state index is 0.120. The molecule has 0 saturated carbocycles. The van der Waals surface area contributed by atoms with Gasteiger partial charge in [-0.15, -0.1) is 0 Å². The highest BCUT2D eigenvalue weighted by Gasteiger charge is 2.28. The van der Waals surface area contributed by atoms with Gasteiger partial charge in [-0.1, -0.05) is 30.3 Å². The molecule has 0 spiro atoms. The van der Waals surface area contributed by atoms with E-state index in [2.05, 4.69) is 24.3 Å². The van der Waals surface area contributed by atoms with Crippen molar-refractivity contribution < 1.29 is 15.0 Å². The van der Waals surface area contributed by atoms with E-state index in [0.29, 0.717) is 32.0 Å². The van der Waals surface area contributed by atoms with E-state index < -0.39 is 12.2 Å².